The summed E-state index contributed by atoms with van der Waals surface area (Å²) in [6, 6.07) is 5.60. The van der Waals surface area contributed by atoms with Gasteiger partial charge >= 0.3 is 5.97 Å². The Bertz CT molecular complexity index is 1080. The normalized spacial score (nSPS) is 12.1. The van der Waals surface area contributed by atoms with Crippen molar-refractivity contribution in [1.29, 1.82) is 0 Å². The lowest BCUT2D eigenvalue weighted by Gasteiger charge is -2.09. The van der Waals surface area contributed by atoms with Crippen molar-refractivity contribution in [2.24, 2.45) is 0 Å². The number of sulfone groups is 1. The molecule has 2 aromatic heterocycles. The molecule has 0 aliphatic carbocycles. The van der Waals surface area contributed by atoms with E-state index in [0.29, 0.717) is 30.4 Å². The number of pyridine rings is 1. The van der Waals surface area contributed by atoms with Crippen LogP contribution >= 0.6 is 15.9 Å². The van der Waals surface area contributed by atoms with Gasteiger partial charge in [-0.25, -0.2) is 13.4 Å². The molecule has 3 aromatic rings. The van der Waals surface area contributed by atoms with E-state index in [0.717, 1.165) is 21.6 Å². The zero-order chi connectivity index (χ0) is 18.2. The number of hydrogen-bond acceptors (Lipinski definition) is 5. The lowest BCUT2D eigenvalue weighted by Crippen LogP contribution is -2.10. The molecule has 0 aliphatic rings. The third kappa shape index (κ3) is 3.67. The first-order valence-corrected chi connectivity index (χ1v) is 10.3. The molecule has 1 aromatic carbocycles. The first-order valence-electron chi connectivity index (χ1n) is 7.64. The summed E-state index contributed by atoms with van der Waals surface area (Å²) in [5.74, 6) is -0.863. The second kappa shape index (κ2) is 6.72. The maximum Gasteiger partial charge on any atom is 0.303 e. The summed E-state index contributed by atoms with van der Waals surface area (Å²) in [6.45, 7) is 0.376. The largest absolute Gasteiger partial charge is 0.481 e. The van der Waals surface area contributed by atoms with E-state index >= 15 is 0 Å². The van der Waals surface area contributed by atoms with Crippen molar-refractivity contribution >= 4 is 53.7 Å². The highest BCUT2D eigenvalue weighted by Gasteiger charge is 2.21. The van der Waals surface area contributed by atoms with Crippen LogP contribution in [0.1, 0.15) is 19.3 Å². The van der Waals surface area contributed by atoms with Crippen LogP contribution in [0, 0.1) is 0 Å². The van der Waals surface area contributed by atoms with Crippen molar-refractivity contribution in [2.45, 2.75) is 31.0 Å². The predicted octanol–water partition coefficient (Wildman–Crippen LogP) is 3.01. The Labute approximate surface area is 152 Å². The number of fused-ring (bicyclic) bond motifs is 3. The number of nitrogens with zero attached hydrogens (tertiary/aromatic N) is 3. The molecule has 132 valence electrons. The number of carboxylic acid groups (broad SMARTS) is 1. The van der Waals surface area contributed by atoms with Crippen LogP contribution in [0.15, 0.2) is 34.0 Å². The lowest BCUT2D eigenvalue weighted by atomic mass is 10.2. The van der Waals surface area contributed by atoms with E-state index in [1.807, 2.05) is 18.2 Å². The molecule has 7 nitrogen and oxygen atoms in total. The highest BCUT2D eigenvalue weighted by molar-refractivity contribution is 9.10. The SMILES string of the molecule is CS(=O)(=O)c1nc2cnc3cc(Br)ccc3c2n1CCCCC(=O)O. The van der Waals surface area contributed by atoms with Crippen LogP contribution in [0.4, 0.5) is 0 Å². The van der Waals surface area contributed by atoms with E-state index < -0.39 is 15.8 Å². The van der Waals surface area contributed by atoms with Crippen molar-refractivity contribution in [3.63, 3.8) is 0 Å². The number of aliphatic carboxylic acids is 1. The fraction of sp³-hybridized carbons (Fsp3) is 0.312. The maximum absolute atomic E-state index is 12.1. The van der Waals surface area contributed by atoms with Crippen LogP contribution in [0.25, 0.3) is 21.9 Å². The van der Waals surface area contributed by atoms with Crippen LogP contribution in [0.5, 0.6) is 0 Å². The van der Waals surface area contributed by atoms with Gasteiger partial charge in [0.15, 0.2) is 0 Å². The second-order valence-corrected chi connectivity index (χ2v) is 8.65. The molecule has 9 heteroatoms. The second-order valence-electron chi connectivity index (χ2n) is 5.82. The van der Waals surface area contributed by atoms with Gasteiger partial charge < -0.3 is 9.67 Å². The van der Waals surface area contributed by atoms with E-state index in [2.05, 4.69) is 25.9 Å². The third-order valence-electron chi connectivity index (χ3n) is 3.85. The topological polar surface area (TPSA) is 102 Å². The Hall–Kier alpha value is -2.00. The van der Waals surface area contributed by atoms with E-state index in [-0.39, 0.29) is 11.6 Å². The van der Waals surface area contributed by atoms with Gasteiger partial charge in [0.2, 0.25) is 15.0 Å². The molecule has 0 atom stereocenters. The predicted molar refractivity (Wildman–Crippen MR) is 97.3 cm³/mol. The maximum atomic E-state index is 12.1. The Morgan fingerprint density at radius 1 is 1.28 bits per heavy atom. The van der Waals surface area contributed by atoms with Gasteiger partial charge in [-0.3, -0.25) is 9.78 Å². The zero-order valence-corrected chi connectivity index (χ0v) is 15.8. The van der Waals surface area contributed by atoms with Crippen molar-refractivity contribution in [1.82, 2.24) is 14.5 Å². The molecule has 0 saturated carbocycles. The molecule has 0 radical (unpaired) electrons. The summed E-state index contributed by atoms with van der Waals surface area (Å²) in [6.07, 6.45) is 3.74. The van der Waals surface area contributed by atoms with E-state index in [1.54, 1.807) is 10.8 Å². The summed E-state index contributed by atoms with van der Waals surface area (Å²) < 4.78 is 26.8. The number of benzene rings is 1. The Kier molecular flexibility index (Phi) is 4.79. The molecule has 3 rings (SSSR count). The molecular weight excluding hydrogens is 410 g/mol. The number of carbonyl (C=O) groups is 1. The van der Waals surface area contributed by atoms with Crippen LogP contribution in [0.3, 0.4) is 0 Å². The minimum Gasteiger partial charge on any atom is -0.481 e. The van der Waals surface area contributed by atoms with Crippen molar-refractivity contribution in [3.8, 4) is 0 Å². The summed E-state index contributed by atoms with van der Waals surface area (Å²) >= 11 is 3.40. The Balaban J connectivity index is 2.16. The molecular formula is C16H16BrN3O4S. The molecule has 0 unspecified atom stereocenters. The number of aromatic nitrogens is 3. The van der Waals surface area contributed by atoms with Crippen molar-refractivity contribution in [2.75, 3.05) is 6.26 Å². The highest BCUT2D eigenvalue weighted by atomic mass is 79.9. The summed E-state index contributed by atoms with van der Waals surface area (Å²) in [5, 5.41) is 9.55. The molecule has 2 heterocycles. The molecule has 0 bridgehead atoms. The van der Waals surface area contributed by atoms with Gasteiger partial charge in [0, 0.05) is 29.1 Å². The minimum atomic E-state index is -3.53. The molecule has 0 amide bonds. The van der Waals surface area contributed by atoms with Gasteiger partial charge in [0.25, 0.3) is 0 Å². The Morgan fingerprint density at radius 2 is 2.04 bits per heavy atom. The molecule has 1 N–H and O–H groups in total. The third-order valence-corrected chi connectivity index (χ3v) is 5.32. The van der Waals surface area contributed by atoms with Crippen LogP contribution in [0.2, 0.25) is 0 Å². The van der Waals surface area contributed by atoms with Crippen LogP contribution < -0.4 is 0 Å². The number of imidazole rings is 1. The molecule has 0 fully saturated rings. The van der Waals surface area contributed by atoms with Gasteiger partial charge in [0.1, 0.15) is 5.52 Å². The monoisotopic (exact) mass is 425 g/mol. The van der Waals surface area contributed by atoms with Gasteiger partial charge in [-0.2, -0.15) is 0 Å². The first-order chi connectivity index (χ1) is 11.8. The fourth-order valence-corrected chi connectivity index (χ4v) is 4.00. The van der Waals surface area contributed by atoms with Gasteiger partial charge in [-0.1, -0.05) is 15.9 Å². The summed E-state index contributed by atoms with van der Waals surface area (Å²) in [7, 11) is -3.53. The number of hydrogen-bond donors (Lipinski definition) is 1. The van der Waals surface area contributed by atoms with Crippen molar-refractivity contribution < 1.29 is 18.3 Å². The molecule has 0 aliphatic heterocycles. The van der Waals surface area contributed by atoms with Crippen LogP contribution in [-0.2, 0) is 21.2 Å². The Morgan fingerprint density at radius 3 is 2.72 bits per heavy atom. The van der Waals surface area contributed by atoms with E-state index in [4.69, 9.17) is 5.11 Å². The van der Waals surface area contributed by atoms with Crippen molar-refractivity contribution in [3.05, 3.63) is 28.9 Å². The van der Waals surface area contributed by atoms with Gasteiger partial charge in [-0.15, -0.1) is 0 Å². The molecule has 25 heavy (non-hydrogen) atoms. The first kappa shape index (κ1) is 17.8. The minimum absolute atomic E-state index is 0.0185. The standard InChI is InChI=1S/C16H16BrN3O4S/c1-25(23,24)16-19-13-9-18-12-8-10(17)5-6-11(12)15(13)20(16)7-3-2-4-14(21)22/h5-6,8-9H,2-4,7H2,1H3,(H,21,22). The average Bonchev–Trinajstić information content (AvgIpc) is 2.90. The molecule has 0 saturated heterocycles. The summed E-state index contributed by atoms with van der Waals surface area (Å²) in [5.41, 5.74) is 1.94. The van der Waals surface area contributed by atoms with Gasteiger partial charge in [0.05, 0.1) is 17.2 Å². The highest BCUT2D eigenvalue weighted by Crippen LogP contribution is 2.28. The molecule has 0 spiro atoms. The smallest absolute Gasteiger partial charge is 0.303 e. The van der Waals surface area contributed by atoms with E-state index in [1.165, 1.54) is 0 Å². The number of aryl methyl sites for hydroxylation is 1. The number of carboxylic acids is 1. The van der Waals surface area contributed by atoms with Gasteiger partial charge in [-0.05, 0) is 31.0 Å². The summed E-state index contributed by atoms with van der Waals surface area (Å²) in [4.78, 5) is 19.3. The zero-order valence-electron chi connectivity index (χ0n) is 13.4. The fourth-order valence-electron chi connectivity index (χ4n) is 2.80. The number of unbranched alkanes of at least 4 members (excludes halogenated alkanes) is 1. The average molecular weight is 426 g/mol. The number of halogens is 1. The van der Waals surface area contributed by atoms with Crippen LogP contribution in [-0.4, -0.2) is 40.3 Å². The number of rotatable bonds is 6. The van der Waals surface area contributed by atoms with E-state index in [9.17, 15) is 13.2 Å². The quantitative estimate of drug-likeness (QED) is 0.608. The lowest BCUT2D eigenvalue weighted by molar-refractivity contribution is -0.137.